The van der Waals surface area contributed by atoms with Crippen molar-refractivity contribution in [2.75, 3.05) is 31.5 Å². The van der Waals surface area contributed by atoms with Crippen molar-refractivity contribution >= 4 is 23.5 Å². The smallest absolute Gasteiger partial charge is 0.320 e. The molecule has 33 heavy (non-hydrogen) atoms. The first-order valence-electron chi connectivity index (χ1n) is 11.8. The van der Waals surface area contributed by atoms with Gasteiger partial charge in [-0.1, -0.05) is 30.3 Å². The SMILES string of the molecule is C[C@@H](NC(=O)[C@@H]1CCCN(C(=O)N2CCCC2)C1)c1cccc(NC(=O)c2ccccc2)c1. The van der Waals surface area contributed by atoms with Crippen LogP contribution in [0.5, 0.6) is 0 Å². The number of rotatable bonds is 5. The minimum atomic E-state index is -0.212. The summed E-state index contributed by atoms with van der Waals surface area (Å²) in [7, 11) is 0. The van der Waals surface area contributed by atoms with Crippen LogP contribution in [0.25, 0.3) is 0 Å². The van der Waals surface area contributed by atoms with E-state index in [0.29, 0.717) is 17.8 Å². The van der Waals surface area contributed by atoms with Crippen molar-refractivity contribution in [2.24, 2.45) is 5.92 Å². The Morgan fingerprint density at radius 3 is 2.39 bits per heavy atom. The molecule has 2 heterocycles. The zero-order valence-corrected chi connectivity index (χ0v) is 19.1. The van der Waals surface area contributed by atoms with Gasteiger partial charge in [0.2, 0.25) is 5.91 Å². The molecule has 0 saturated carbocycles. The highest BCUT2D eigenvalue weighted by Crippen LogP contribution is 2.23. The largest absolute Gasteiger partial charge is 0.349 e. The van der Waals surface area contributed by atoms with Gasteiger partial charge >= 0.3 is 6.03 Å². The highest BCUT2D eigenvalue weighted by atomic mass is 16.2. The first-order chi connectivity index (χ1) is 16.0. The van der Waals surface area contributed by atoms with Gasteiger partial charge in [0.15, 0.2) is 0 Å². The van der Waals surface area contributed by atoms with Crippen molar-refractivity contribution in [1.29, 1.82) is 0 Å². The van der Waals surface area contributed by atoms with Gasteiger partial charge in [-0.25, -0.2) is 4.79 Å². The van der Waals surface area contributed by atoms with Gasteiger partial charge in [0.1, 0.15) is 0 Å². The Balaban J connectivity index is 1.34. The summed E-state index contributed by atoms with van der Waals surface area (Å²) in [5, 5.41) is 6.02. The predicted molar refractivity (Wildman–Crippen MR) is 128 cm³/mol. The van der Waals surface area contributed by atoms with Crippen LogP contribution in [0.3, 0.4) is 0 Å². The minimum absolute atomic E-state index is 0.0276. The summed E-state index contributed by atoms with van der Waals surface area (Å²) >= 11 is 0. The number of piperidine rings is 1. The highest BCUT2D eigenvalue weighted by molar-refractivity contribution is 6.04. The first-order valence-corrected chi connectivity index (χ1v) is 11.8. The third kappa shape index (κ3) is 5.72. The second-order valence-electron chi connectivity index (χ2n) is 8.94. The fourth-order valence-corrected chi connectivity index (χ4v) is 4.57. The van der Waals surface area contributed by atoms with Crippen LogP contribution >= 0.6 is 0 Å². The Morgan fingerprint density at radius 2 is 1.64 bits per heavy atom. The lowest BCUT2D eigenvalue weighted by molar-refractivity contribution is -0.127. The lowest BCUT2D eigenvalue weighted by Gasteiger charge is -2.35. The zero-order chi connectivity index (χ0) is 23.2. The Bertz CT molecular complexity index is 988. The van der Waals surface area contributed by atoms with Crippen molar-refractivity contribution in [3.05, 3.63) is 65.7 Å². The van der Waals surface area contributed by atoms with Gasteiger partial charge < -0.3 is 20.4 Å². The molecule has 0 unspecified atom stereocenters. The molecule has 0 aromatic heterocycles. The number of hydrogen-bond donors (Lipinski definition) is 2. The molecule has 2 aliphatic rings. The maximum absolute atomic E-state index is 13.0. The van der Waals surface area contributed by atoms with E-state index < -0.39 is 0 Å². The minimum Gasteiger partial charge on any atom is -0.349 e. The zero-order valence-electron chi connectivity index (χ0n) is 19.1. The molecule has 4 rings (SSSR count). The number of benzene rings is 2. The number of nitrogens with one attached hydrogen (secondary N) is 2. The summed E-state index contributed by atoms with van der Waals surface area (Å²) in [5.41, 5.74) is 2.19. The van der Waals surface area contributed by atoms with Gasteiger partial charge in [-0.15, -0.1) is 0 Å². The molecule has 2 aromatic carbocycles. The molecule has 0 spiro atoms. The van der Waals surface area contributed by atoms with Crippen molar-refractivity contribution in [3.8, 4) is 0 Å². The normalized spacial score (nSPS) is 19.1. The van der Waals surface area contributed by atoms with Crippen LogP contribution in [-0.2, 0) is 4.79 Å². The summed E-state index contributed by atoms with van der Waals surface area (Å²) in [6, 6.07) is 16.4. The molecule has 7 nitrogen and oxygen atoms in total. The van der Waals surface area contributed by atoms with E-state index in [1.807, 2.05) is 59.2 Å². The number of nitrogens with zero attached hydrogens (tertiary/aromatic N) is 2. The molecule has 4 amide bonds. The maximum atomic E-state index is 13.0. The van der Waals surface area contributed by atoms with Crippen LogP contribution in [0.4, 0.5) is 10.5 Å². The average Bonchev–Trinajstić information content (AvgIpc) is 3.39. The lowest BCUT2D eigenvalue weighted by Crippen LogP contribution is -2.49. The molecule has 7 heteroatoms. The molecule has 174 valence electrons. The summed E-state index contributed by atoms with van der Waals surface area (Å²) in [6.45, 7) is 4.77. The van der Waals surface area contributed by atoms with Crippen molar-refractivity contribution in [1.82, 2.24) is 15.1 Å². The molecule has 2 saturated heterocycles. The highest BCUT2D eigenvalue weighted by Gasteiger charge is 2.32. The number of anilines is 1. The van der Waals surface area contributed by atoms with Crippen LogP contribution in [0, 0.1) is 5.92 Å². The van der Waals surface area contributed by atoms with Crippen LogP contribution < -0.4 is 10.6 Å². The van der Waals surface area contributed by atoms with E-state index in [-0.39, 0.29) is 29.8 Å². The van der Waals surface area contributed by atoms with Gasteiger partial charge in [0.25, 0.3) is 5.91 Å². The summed E-state index contributed by atoms with van der Waals surface area (Å²) in [5.74, 6) is -0.400. The molecule has 2 atom stereocenters. The molecular formula is C26H32N4O3. The number of likely N-dealkylation sites (tertiary alicyclic amines) is 2. The standard InChI is InChI=1S/C26H32N4O3/c1-19(21-11-7-13-23(17-21)28-24(31)20-9-3-2-4-10-20)27-25(32)22-12-8-16-30(18-22)26(33)29-14-5-6-15-29/h2-4,7,9-11,13,17,19,22H,5-6,8,12,14-16,18H2,1H3,(H,27,32)(H,28,31)/t19-,22-/m1/s1. The second-order valence-corrected chi connectivity index (χ2v) is 8.94. The van der Waals surface area contributed by atoms with E-state index >= 15 is 0 Å². The van der Waals surface area contributed by atoms with Crippen LogP contribution in [0.2, 0.25) is 0 Å². The molecule has 0 bridgehead atoms. The number of amides is 4. The lowest BCUT2D eigenvalue weighted by atomic mass is 9.96. The van der Waals surface area contributed by atoms with Gasteiger partial charge in [-0.2, -0.15) is 0 Å². The Labute approximate surface area is 195 Å². The molecule has 0 aliphatic carbocycles. The second kappa shape index (κ2) is 10.5. The number of carbonyl (C=O) groups is 3. The average molecular weight is 449 g/mol. The van der Waals surface area contributed by atoms with Gasteiger partial charge in [0, 0.05) is 37.4 Å². The van der Waals surface area contributed by atoms with Crippen molar-refractivity contribution in [3.63, 3.8) is 0 Å². The van der Waals surface area contributed by atoms with Gasteiger partial charge in [-0.3, -0.25) is 9.59 Å². The molecule has 2 N–H and O–H groups in total. The Kier molecular flexibility index (Phi) is 7.27. The fourth-order valence-electron chi connectivity index (χ4n) is 4.57. The van der Waals surface area contributed by atoms with Gasteiger partial charge in [0.05, 0.1) is 12.0 Å². The summed E-state index contributed by atoms with van der Waals surface area (Å²) in [6.07, 6.45) is 3.75. The fraction of sp³-hybridized carbons (Fsp3) is 0.423. The molecule has 2 fully saturated rings. The Hall–Kier alpha value is -3.35. The van der Waals surface area contributed by atoms with Crippen LogP contribution in [-0.4, -0.2) is 53.8 Å². The molecular weight excluding hydrogens is 416 g/mol. The number of urea groups is 1. The van der Waals surface area contributed by atoms with E-state index in [4.69, 9.17) is 0 Å². The number of carbonyl (C=O) groups excluding carboxylic acids is 3. The quantitative estimate of drug-likeness (QED) is 0.724. The van der Waals surface area contributed by atoms with Crippen molar-refractivity contribution < 1.29 is 14.4 Å². The molecule has 0 radical (unpaired) electrons. The van der Waals surface area contributed by atoms with E-state index in [9.17, 15) is 14.4 Å². The van der Waals surface area contributed by atoms with Crippen LogP contribution in [0.15, 0.2) is 54.6 Å². The van der Waals surface area contributed by atoms with Gasteiger partial charge in [-0.05, 0) is 62.4 Å². The predicted octanol–water partition coefficient (Wildman–Crippen LogP) is 4.04. The summed E-state index contributed by atoms with van der Waals surface area (Å²) < 4.78 is 0. The van der Waals surface area contributed by atoms with E-state index in [0.717, 1.165) is 50.9 Å². The third-order valence-electron chi connectivity index (χ3n) is 6.48. The first kappa shape index (κ1) is 22.8. The monoisotopic (exact) mass is 448 g/mol. The molecule has 2 aromatic rings. The van der Waals surface area contributed by atoms with E-state index in [2.05, 4.69) is 10.6 Å². The number of hydrogen-bond acceptors (Lipinski definition) is 3. The van der Waals surface area contributed by atoms with E-state index in [1.54, 1.807) is 12.1 Å². The summed E-state index contributed by atoms with van der Waals surface area (Å²) in [4.78, 5) is 41.9. The van der Waals surface area contributed by atoms with E-state index in [1.165, 1.54) is 0 Å². The topological polar surface area (TPSA) is 81.8 Å². The Morgan fingerprint density at radius 1 is 0.909 bits per heavy atom. The maximum Gasteiger partial charge on any atom is 0.320 e. The van der Waals surface area contributed by atoms with Crippen molar-refractivity contribution in [2.45, 2.75) is 38.6 Å². The third-order valence-corrected chi connectivity index (χ3v) is 6.48. The van der Waals surface area contributed by atoms with Crippen LogP contribution in [0.1, 0.15) is 54.6 Å². The molecule has 2 aliphatic heterocycles.